The van der Waals surface area contributed by atoms with E-state index >= 15 is 0 Å². The van der Waals surface area contributed by atoms with Crippen LogP contribution in [0.2, 0.25) is 0 Å². The Labute approximate surface area is 183 Å². The Morgan fingerprint density at radius 3 is 2.29 bits per heavy atom. The van der Waals surface area contributed by atoms with Crippen molar-refractivity contribution in [3.63, 3.8) is 0 Å². The van der Waals surface area contributed by atoms with Crippen LogP contribution in [0.15, 0.2) is 59.5 Å². The summed E-state index contributed by atoms with van der Waals surface area (Å²) >= 11 is 0. The Morgan fingerprint density at radius 2 is 1.65 bits per heavy atom. The standard InChI is InChI=1S/C23H28N2O5S/c1-18(30-22(26)15-10-19-8-4-2-5-9-19)23(27)24-20-11-13-21(14-12-20)31(28,29)25-16-6-3-7-17-25/h2,4-5,8-9,11-14,18H,3,6-7,10,15-17H2,1H3,(H,24,27)/t18-/m1/s1. The number of esters is 1. The number of rotatable bonds is 8. The first-order valence-corrected chi connectivity index (χ1v) is 11.9. The van der Waals surface area contributed by atoms with E-state index in [-0.39, 0.29) is 11.3 Å². The van der Waals surface area contributed by atoms with Crippen LogP contribution >= 0.6 is 0 Å². The lowest BCUT2D eigenvalue weighted by Crippen LogP contribution is -2.35. The number of hydrogen-bond donors (Lipinski definition) is 1. The number of carbonyl (C=O) groups excluding carboxylic acids is 2. The fourth-order valence-corrected chi connectivity index (χ4v) is 4.93. The van der Waals surface area contributed by atoms with Gasteiger partial charge >= 0.3 is 5.97 Å². The second-order valence-electron chi connectivity index (χ2n) is 7.60. The zero-order chi connectivity index (χ0) is 22.3. The highest BCUT2D eigenvalue weighted by atomic mass is 32.2. The maximum Gasteiger partial charge on any atom is 0.306 e. The summed E-state index contributed by atoms with van der Waals surface area (Å²) in [5, 5.41) is 2.65. The maximum absolute atomic E-state index is 12.7. The lowest BCUT2D eigenvalue weighted by atomic mass is 10.1. The van der Waals surface area contributed by atoms with E-state index in [9.17, 15) is 18.0 Å². The van der Waals surface area contributed by atoms with Gasteiger partial charge in [0.15, 0.2) is 6.10 Å². The van der Waals surface area contributed by atoms with Crippen molar-refractivity contribution in [1.29, 1.82) is 0 Å². The van der Waals surface area contributed by atoms with Crippen LogP contribution in [-0.4, -0.2) is 43.8 Å². The van der Waals surface area contributed by atoms with Crippen LogP contribution in [0, 0.1) is 0 Å². The Balaban J connectivity index is 1.50. The Kier molecular flexibility index (Phi) is 7.81. The van der Waals surface area contributed by atoms with E-state index in [4.69, 9.17) is 4.74 Å². The zero-order valence-corrected chi connectivity index (χ0v) is 18.4. The van der Waals surface area contributed by atoms with E-state index in [1.54, 1.807) is 12.1 Å². The summed E-state index contributed by atoms with van der Waals surface area (Å²) in [6, 6.07) is 15.6. The number of amides is 1. The smallest absolute Gasteiger partial charge is 0.306 e. The largest absolute Gasteiger partial charge is 0.453 e. The number of carbonyl (C=O) groups is 2. The predicted octanol–water partition coefficient (Wildman–Crippen LogP) is 3.36. The third-order valence-corrected chi connectivity index (χ3v) is 7.13. The minimum absolute atomic E-state index is 0.185. The first-order chi connectivity index (χ1) is 14.9. The Bertz CT molecular complexity index is 984. The molecule has 0 unspecified atom stereocenters. The van der Waals surface area contributed by atoms with Crippen molar-refractivity contribution in [2.24, 2.45) is 0 Å². The monoisotopic (exact) mass is 444 g/mol. The molecule has 31 heavy (non-hydrogen) atoms. The van der Waals surface area contributed by atoms with Crippen LogP contribution in [-0.2, 0) is 30.8 Å². The number of nitrogens with one attached hydrogen (secondary N) is 1. The molecule has 1 aliphatic rings. The van der Waals surface area contributed by atoms with E-state index in [1.807, 2.05) is 30.3 Å². The van der Waals surface area contributed by atoms with Crippen LogP contribution in [0.5, 0.6) is 0 Å². The summed E-state index contributed by atoms with van der Waals surface area (Å²) in [5.41, 5.74) is 1.46. The van der Waals surface area contributed by atoms with Gasteiger partial charge in [0.05, 0.1) is 4.90 Å². The van der Waals surface area contributed by atoms with Gasteiger partial charge in [-0.3, -0.25) is 9.59 Å². The van der Waals surface area contributed by atoms with Crippen molar-refractivity contribution in [2.75, 3.05) is 18.4 Å². The van der Waals surface area contributed by atoms with E-state index < -0.39 is 28.0 Å². The number of ether oxygens (including phenoxy) is 1. The highest BCUT2D eigenvalue weighted by Crippen LogP contribution is 2.22. The summed E-state index contributed by atoms with van der Waals surface area (Å²) < 4.78 is 32.1. The van der Waals surface area contributed by atoms with Crippen molar-refractivity contribution in [2.45, 2.75) is 50.0 Å². The zero-order valence-electron chi connectivity index (χ0n) is 17.6. The van der Waals surface area contributed by atoms with Gasteiger partial charge in [0.2, 0.25) is 10.0 Å². The van der Waals surface area contributed by atoms with E-state index in [2.05, 4.69) is 5.32 Å². The fraction of sp³-hybridized carbons (Fsp3) is 0.391. The van der Waals surface area contributed by atoms with Gasteiger partial charge in [-0.05, 0) is 56.0 Å². The number of piperidine rings is 1. The maximum atomic E-state index is 12.7. The SMILES string of the molecule is C[C@@H](OC(=O)CCc1ccccc1)C(=O)Nc1ccc(S(=O)(=O)N2CCCCC2)cc1. The lowest BCUT2D eigenvalue weighted by Gasteiger charge is -2.25. The van der Waals surface area contributed by atoms with Gasteiger partial charge in [-0.2, -0.15) is 4.31 Å². The molecule has 1 fully saturated rings. The summed E-state index contributed by atoms with van der Waals surface area (Å²) in [6.07, 6.45) is 2.56. The highest BCUT2D eigenvalue weighted by molar-refractivity contribution is 7.89. The quantitative estimate of drug-likeness (QED) is 0.630. The molecule has 2 aromatic carbocycles. The van der Waals surface area contributed by atoms with E-state index in [0.717, 1.165) is 24.8 Å². The molecule has 0 aliphatic carbocycles. The lowest BCUT2D eigenvalue weighted by molar-refractivity contribution is -0.153. The van der Waals surface area contributed by atoms with Gasteiger partial charge in [-0.25, -0.2) is 8.42 Å². The third kappa shape index (κ3) is 6.38. The van der Waals surface area contributed by atoms with Crippen molar-refractivity contribution in [3.8, 4) is 0 Å². The molecule has 1 saturated heterocycles. The molecule has 8 heteroatoms. The summed E-state index contributed by atoms with van der Waals surface area (Å²) in [7, 11) is -3.52. The average molecular weight is 445 g/mol. The second kappa shape index (κ2) is 10.5. The molecule has 7 nitrogen and oxygen atoms in total. The molecule has 1 atom stereocenters. The molecule has 1 aliphatic heterocycles. The number of anilines is 1. The summed E-state index contributed by atoms with van der Waals surface area (Å²) in [6.45, 7) is 2.58. The van der Waals surface area contributed by atoms with Gasteiger partial charge in [0.1, 0.15) is 0 Å². The van der Waals surface area contributed by atoms with Gasteiger partial charge in [-0.15, -0.1) is 0 Å². The predicted molar refractivity (Wildman–Crippen MR) is 118 cm³/mol. The molecule has 0 bridgehead atoms. The molecular formula is C23H28N2O5S. The van der Waals surface area contributed by atoms with Crippen molar-refractivity contribution >= 4 is 27.6 Å². The molecular weight excluding hydrogens is 416 g/mol. The number of aryl methyl sites for hydroxylation is 1. The Hall–Kier alpha value is -2.71. The van der Waals surface area contributed by atoms with E-state index in [0.29, 0.717) is 25.2 Å². The molecule has 0 radical (unpaired) electrons. The van der Waals surface area contributed by atoms with Crippen LogP contribution < -0.4 is 5.32 Å². The van der Waals surface area contributed by atoms with Crippen LogP contribution in [0.1, 0.15) is 38.2 Å². The molecule has 0 saturated carbocycles. The number of hydrogen-bond acceptors (Lipinski definition) is 5. The minimum Gasteiger partial charge on any atom is -0.453 e. The van der Waals surface area contributed by atoms with Gasteiger partial charge in [0, 0.05) is 25.2 Å². The van der Waals surface area contributed by atoms with Crippen molar-refractivity contribution < 1.29 is 22.7 Å². The number of sulfonamides is 1. The van der Waals surface area contributed by atoms with Crippen molar-refractivity contribution in [3.05, 3.63) is 60.2 Å². The summed E-state index contributed by atoms with van der Waals surface area (Å²) in [5.74, 6) is -0.922. The van der Waals surface area contributed by atoms with Gasteiger partial charge in [0.25, 0.3) is 5.91 Å². The van der Waals surface area contributed by atoms with E-state index in [1.165, 1.54) is 23.4 Å². The fourth-order valence-electron chi connectivity index (χ4n) is 3.41. The summed E-state index contributed by atoms with van der Waals surface area (Å²) in [4.78, 5) is 24.6. The molecule has 0 spiro atoms. The average Bonchev–Trinajstić information content (AvgIpc) is 2.79. The number of benzene rings is 2. The minimum atomic E-state index is -3.52. The molecule has 1 N–H and O–H groups in total. The van der Waals surface area contributed by atoms with Crippen LogP contribution in [0.4, 0.5) is 5.69 Å². The first kappa shape index (κ1) is 23.0. The Morgan fingerprint density at radius 1 is 1.00 bits per heavy atom. The normalized spacial score (nSPS) is 15.8. The topological polar surface area (TPSA) is 92.8 Å². The van der Waals surface area contributed by atoms with Gasteiger partial charge in [-0.1, -0.05) is 36.8 Å². The molecule has 2 aromatic rings. The highest BCUT2D eigenvalue weighted by Gasteiger charge is 2.26. The molecule has 166 valence electrons. The van der Waals surface area contributed by atoms with Gasteiger partial charge < -0.3 is 10.1 Å². The third-order valence-electron chi connectivity index (χ3n) is 5.21. The number of nitrogens with zero attached hydrogens (tertiary/aromatic N) is 1. The van der Waals surface area contributed by atoms with Crippen LogP contribution in [0.25, 0.3) is 0 Å². The second-order valence-corrected chi connectivity index (χ2v) is 9.53. The molecule has 0 aromatic heterocycles. The molecule has 3 rings (SSSR count). The van der Waals surface area contributed by atoms with Crippen molar-refractivity contribution in [1.82, 2.24) is 4.31 Å². The molecule has 1 amide bonds. The van der Waals surface area contributed by atoms with Crippen LogP contribution in [0.3, 0.4) is 0 Å². The first-order valence-electron chi connectivity index (χ1n) is 10.5. The molecule has 1 heterocycles.